The first-order chi connectivity index (χ1) is 7.79. The van der Waals surface area contributed by atoms with Gasteiger partial charge in [0, 0.05) is 19.7 Å². The van der Waals surface area contributed by atoms with Crippen molar-refractivity contribution in [3.05, 3.63) is 47.8 Å². The van der Waals surface area contributed by atoms with Crippen LogP contribution in [0.2, 0.25) is 0 Å². The maximum Gasteiger partial charge on any atom is 0.0846 e. The van der Waals surface area contributed by atoms with Crippen molar-refractivity contribution in [2.45, 2.75) is 12.5 Å². The molecule has 16 heavy (non-hydrogen) atoms. The molecular weight excluding hydrogens is 202 g/mol. The van der Waals surface area contributed by atoms with Gasteiger partial charge in [-0.2, -0.15) is 0 Å². The fraction of sp³-hybridized carbons (Fsp3) is 0.273. The van der Waals surface area contributed by atoms with Crippen LogP contribution in [0.1, 0.15) is 17.3 Å². The first kappa shape index (κ1) is 10.8. The standard InChI is InChI=1S/C11H15N5/c1-16-8-10(14-15-16)7-11(13-12)9-5-3-2-4-6-9/h2-6,8,11,13H,7,12H2,1H3. The number of aryl methyl sites for hydroxylation is 1. The van der Waals surface area contributed by atoms with Crippen molar-refractivity contribution in [1.29, 1.82) is 0 Å². The van der Waals surface area contributed by atoms with Crippen LogP contribution in [-0.2, 0) is 13.5 Å². The Morgan fingerprint density at radius 1 is 1.38 bits per heavy atom. The van der Waals surface area contributed by atoms with Crippen LogP contribution in [0.15, 0.2) is 36.5 Å². The number of rotatable bonds is 4. The van der Waals surface area contributed by atoms with Crippen LogP contribution in [0.4, 0.5) is 0 Å². The summed E-state index contributed by atoms with van der Waals surface area (Å²) in [6.45, 7) is 0. The molecule has 1 unspecified atom stereocenters. The number of benzene rings is 1. The zero-order valence-electron chi connectivity index (χ0n) is 9.17. The summed E-state index contributed by atoms with van der Waals surface area (Å²) >= 11 is 0. The highest BCUT2D eigenvalue weighted by Crippen LogP contribution is 2.15. The predicted octanol–water partition coefficient (Wildman–Crippen LogP) is 0.562. The van der Waals surface area contributed by atoms with Crippen LogP contribution in [-0.4, -0.2) is 15.0 Å². The molecule has 3 N–H and O–H groups in total. The van der Waals surface area contributed by atoms with Crippen LogP contribution in [0, 0.1) is 0 Å². The molecule has 0 saturated carbocycles. The molecule has 0 amide bonds. The van der Waals surface area contributed by atoms with E-state index in [9.17, 15) is 0 Å². The van der Waals surface area contributed by atoms with E-state index in [-0.39, 0.29) is 6.04 Å². The zero-order valence-corrected chi connectivity index (χ0v) is 9.17. The van der Waals surface area contributed by atoms with Gasteiger partial charge in [0.2, 0.25) is 0 Å². The number of hydrogen-bond donors (Lipinski definition) is 2. The third-order valence-corrected chi connectivity index (χ3v) is 2.47. The van der Waals surface area contributed by atoms with Crippen molar-refractivity contribution in [2.75, 3.05) is 0 Å². The lowest BCUT2D eigenvalue weighted by Crippen LogP contribution is -2.29. The first-order valence-electron chi connectivity index (χ1n) is 5.16. The Kier molecular flexibility index (Phi) is 3.28. The number of aromatic nitrogens is 3. The van der Waals surface area contributed by atoms with Gasteiger partial charge in [0.15, 0.2) is 0 Å². The highest BCUT2D eigenvalue weighted by Gasteiger charge is 2.11. The van der Waals surface area contributed by atoms with Gasteiger partial charge in [0.05, 0.1) is 11.7 Å². The summed E-state index contributed by atoms with van der Waals surface area (Å²) in [5.41, 5.74) is 4.87. The molecule has 84 valence electrons. The van der Waals surface area contributed by atoms with Gasteiger partial charge in [-0.25, -0.2) is 0 Å². The van der Waals surface area contributed by atoms with Crippen molar-refractivity contribution in [2.24, 2.45) is 12.9 Å². The van der Waals surface area contributed by atoms with Gasteiger partial charge in [-0.1, -0.05) is 35.5 Å². The SMILES string of the molecule is Cn1cc(CC(NN)c2ccccc2)nn1. The van der Waals surface area contributed by atoms with Gasteiger partial charge < -0.3 is 0 Å². The molecule has 1 aromatic heterocycles. The van der Waals surface area contributed by atoms with Crippen LogP contribution in [0.5, 0.6) is 0 Å². The summed E-state index contributed by atoms with van der Waals surface area (Å²) in [5, 5.41) is 7.94. The Hall–Kier alpha value is -1.72. The average molecular weight is 217 g/mol. The largest absolute Gasteiger partial charge is 0.271 e. The molecule has 1 atom stereocenters. The van der Waals surface area contributed by atoms with E-state index in [2.05, 4.69) is 15.7 Å². The highest BCUT2D eigenvalue weighted by molar-refractivity contribution is 5.20. The second-order valence-corrected chi connectivity index (χ2v) is 3.72. The monoisotopic (exact) mass is 217 g/mol. The topological polar surface area (TPSA) is 68.8 Å². The maximum atomic E-state index is 5.55. The van der Waals surface area contributed by atoms with Crippen LogP contribution < -0.4 is 11.3 Å². The number of nitrogens with one attached hydrogen (secondary N) is 1. The third kappa shape index (κ3) is 2.44. The van der Waals surface area contributed by atoms with Crippen molar-refractivity contribution in [3.63, 3.8) is 0 Å². The first-order valence-corrected chi connectivity index (χ1v) is 5.16. The smallest absolute Gasteiger partial charge is 0.0846 e. The van der Waals surface area contributed by atoms with Gasteiger partial charge in [-0.15, -0.1) is 5.10 Å². The summed E-state index contributed by atoms with van der Waals surface area (Å²) < 4.78 is 1.69. The highest BCUT2D eigenvalue weighted by atomic mass is 15.4. The molecule has 0 saturated heterocycles. The Bertz CT molecular complexity index is 437. The Balaban J connectivity index is 2.12. The lowest BCUT2D eigenvalue weighted by Gasteiger charge is -2.14. The number of hydrogen-bond acceptors (Lipinski definition) is 4. The van der Waals surface area contributed by atoms with Gasteiger partial charge in [-0.3, -0.25) is 16.0 Å². The molecule has 1 heterocycles. The van der Waals surface area contributed by atoms with E-state index in [1.165, 1.54) is 0 Å². The number of nitrogens with zero attached hydrogens (tertiary/aromatic N) is 3. The summed E-state index contributed by atoms with van der Waals surface area (Å²) in [5.74, 6) is 5.55. The molecule has 0 spiro atoms. The Morgan fingerprint density at radius 3 is 2.69 bits per heavy atom. The van der Waals surface area contributed by atoms with Gasteiger partial charge in [-0.05, 0) is 5.56 Å². The molecule has 5 heteroatoms. The average Bonchev–Trinajstić information content (AvgIpc) is 2.73. The second-order valence-electron chi connectivity index (χ2n) is 3.72. The Labute approximate surface area is 94.2 Å². The molecule has 0 aliphatic heterocycles. The van der Waals surface area contributed by atoms with E-state index in [1.54, 1.807) is 4.68 Å². The third-order valence-electron chi connectivity index (χ3n) is 2.47. The van der Waals surface area contributed by atoms with E-state index in [1.807, 2.05) is 43.6 Å². The zero-order chi connectivity index (χ0) is 11.4. The second kappa shape index (κ2) is 4.87. The lowest BCUT2D eigenvalue weighted by atomic mass is 10.0. The predicted molar refractivity (Wildman–Crippen MR) is 61.2 cm³/mol. The minimum Gasteiger partial charge on any atom is -0.271 e. The van der Waals surface area contributed by atoms with Crippen LogP contribution in [0.3, 0.4) is 0 Å². The van der Waals surface area contributed by atoms with Gasteiger partial charge in [0.25, 0.3) is 0 Å². The molecular formula is C11H15N5. The summed E-state index contributed by atoms with van der Waals surface area (Å²) in [6, 6.07) is 10.1. The summed E-state index contributed by atoms with van der Waals surface area (Å²) in [4.78, 5) is 0. The fourth-order valence-electron chi connectivity index (χ4n) is 1.66. The van der Waals surface area contributed by atoms with E-state index in [4.69, 9.17) is 5.84 Å². The molecule has 0 bridgehead atoms. The summed E-state index contributed by atoms with van der Waals surface area (Å²) in [7, 11) is 1.85. The molecule has 0 aliphatic rings. The quantitative estimate of drug-likeness (QED) is 0.580. The van der Waals surface area contributed by atoms with Crippen molar-refractivity contribution in [3.8, 4) is 0 Å². The van der Waals surface area contributed by atoms with E-state index in [0.717, 1.165) is 17.7 Å². The minimum atomic E-state index is 0.0675. The molecule has 2 aromatic rings. The minimum absolute atomic E-state index is 0.0675. The van der Waals surface area contributed by atoms with Crippen LogP contribution >= 0.6 is 0 Å². The van der Waals surface area contributed by atoms with Crippen molar-refractivity contribution >= 4 is 0 Å². The van der Waals surface area contributed by atoms with E-state index in [0.29, 0.717) is 0 Å². The van der Waals surface area contributed by atoms with Gasteiger partial charge >= 0.3 is 0 Å². The molecule has 5 nitrogen and oxygen atoms in total. The van der Waals surface area contributed by atoms with Gasteiger partial charge in [0.1, 0.15) is 0 Å². The maximum absolute atomic E-state index is 5.55. The lowest BCUT2D eigenvalue weighted by molar-refractivity contribution is 0.545. The van der Waals surface area contributed by atoms with Crippen molar-refractivity contribution in [1.82, 2.24) is 20.4 Å². The molecule has 0 radical (unpaired) electrons. The summed E-state index contributed by atoms with van der Waals surface area (Å²) in [6.07, 6.45) is 2.63. The van der Waals surface area contributed by atoms with Crippen LogP contribution in [0.25, 0.3) is 0 Å². The Morgan fingerprint density at radius 2 is 2.12 bits per heavy atom. The molecule has 1 aromatic carbocycles. The molecule has 2 rings (SSSR count). The van der Waals surface area contributed by atoms with E-state index < -0.39 is 0 Å². The van der Waals surface area contributed by atoms with E-state index >= 15 is 0 Å². The van der Waals surface area contributed by atoms with Crippen molar-refractivity contribution < 1.29 is 0 Å². The molecule has 0 aliphatic carbocycles. The number of hydrazine groups is 1. The normalized spacial score (nSPS) is 12.6. The fourth-order valence-corrected chi connectivity index (χ4v) is 1.66. The molecule has 0 fully saturated rings. The number of nitrogens with two attached hydrogens (primary N) is 1.